The normalized spacial score (nSPS) is 16.5. The summed E-state index contributed by atoms with van der Waals surface area (Å²) < 4.78 is 5.21. The maximum Gasteiger partial charge on any atom is 0.293 e. The van der Waals surface area contributed by atoms with E-state index < -0.39 is 0 Å². The minimum Gasteiger partial charge on any atom is -0.496 e. The van der Waals surface area contributed by atoms with Gasteiger partial charge in [0.25, 0.3) is 11.1 Å². The predicted octanol–water partition coefficient (Wildman–Crippen LogP) is 2.11. The molecule has 5 nitrogen and oxygen atoms in total. The van der Waals surface area contributed by atoms with E-state index in [-0.39, 0.29) is 36.6 Å². The Balaban J connectivity index is 0.00000200. The number of amides is 2. The summed E-state index contributed by atoms with van der Waals surface area (Å²) in [6.07, 6.45) is 1.67. The molecule has 1 aromatic rings. The number of imide groups is 1. The highest BCUT2D eigenvalue weighted by Gasteiger charge is 2.34. The van der Waals surface area contributed by atoms with Gasteiger partial charge in [-0.2, -0.15) is 0 Å². The summed E-state index contributed by atoms with van der Waals surface area (Å²) in [5.74, 6) is 0.361. The molecule has 1 aromatic carbocycles. The fourth-order valence-corrected chi connectivity index (χ4v) is 2.60. The average molecular weight is 315 g/mol. The van der Waals surface area contributed by atoms with E-state index >= 15 is 0 Å². The van der Waals surface area contributed by atoms with Crippen molar-refractivity contribution in [1.29, 1.82) is 0 Å². The lowest BCUT2D eigenvalue weighted by Gasteiger charge is -2.09. The van der Waals surface area contributed by atoms with Crippen LogP contribution in [-0.2, 0) is 4.79 Å². The zero-order valence-electron chi connectivity index (χ0n) is 10.9. The number of benzene rings is 1. The third kappa shape index (κ3) is 3.33. The van der Waals surface area contributed by atoms with Crippen LogP contribution in [0.3, 0.4) is 0 Å². The molecular weight excluding hydrogens is 300 g/mol. The monoisotopic (exact) mass is 314 g/mol. The van der Waals surface area contributed by atoms with E-state index in [0.717, 1.165) is 22.2 Å². The van der Waals surface area contributed by atoms with E-state index in [4.69, 9.17) is 10.5 Å². The fraction of sp³-hybridized carbons (Fsp3) is 0.231. The molecular formula is C13H15ClN2O3S. The van der Waals surface area contributed by atoms with Gasteiger partial charge in [-0.3, -0.25) is 14.5 Å². The number of methoxy groups -OCH3 is 1. The first-order valence-corrected chi connectivity index (χ1v) is 6.57. The van der Waals surface area contributed by atoms with Gasteiger partial charge in [-0.25, -0.2) is 0 Å². The molecule has 0 atom stereocenters. The quantitative estimate of drug-likeness (QED) is 0.862. The van der Waals surface area contributed by atoms with Crippen molar-refractivity contribution in [1.82, 2.24) is 4.90 Å². The molecule has 108 valence electrons. The van der Waals surface area contributed by atoms with Gasteiger partial charge in [0.1, 0.15) is 5.75 Å². The molecule has 2 N–H and O–H groups in total. The summed E-state index contributed by atoms with van der Waals surface area (Å²) in [7, 11) is 1.56. The zero-order chi connectivity index (χ0) is 13.8. The summed E-state index contributed by atoms with van der Waals surface area (Å²) >= 11 is 0.923. The molecule has 0 saturated carbocycles. The Morgan fingerprint density at radius 3 is 2.70 bits per heavy atom. The number of carbonyl (C=O) groups is 2. The summed E-state index contributed by atoms with van der Waals surface area (Å²) in [5, 5.41) is -0.281. The summed E-state index contributed by atoms with van der Waals surface area (Å²) in [5.41, 5.74) is 6.15. The van der Waals surface area contributed by atoms with Gasteiger partial charge in [0.05, 0.1) is 12.0 Å². The van der Waals surface area contributed by atoms with Crippen LogP contribution >= 0.6 is 24.2 Å². The minimum atomic E-state index is -0.300. The Morgan fingerprint density at radius 2 is 2.05 bits per heavy atom. The van der Waals surface area contributed by atoms with Crippen LogP contribution in [0.25, 0.3) is 6.08 Å². The molecule has 0 bridgehead atoms. The summed E-state index contributed by atoms with van der Waals surface area (Å²) in [4.78, 5) is 25.2. The van der Waals surface area contributed by atoms with Gasteiger partial charge in [-0.15, -0.1) is 12.4 Å². The third-order valence-corrected chi connectivity index (χ3v) is 3.56. The second-order valence-corrected chi connectivity index (χ2v) is 4.86. The number of hydrogen-bond donors (Lipinski definition) is 1. The molecule has 2 rings (SSSR count). The van der Waals surface area contributed by atoms with Gasteiger partial charge in [0.15, 0.2) is 0 Å². The molecule has 7 heteroatoms. The number of hydrogen-bond acceptors (Lipinski definition) is 5. The number of halogens is 1. The first-order chi connectivity index (χ1) is 9.17. The van der Waals surface area contributed by atoms with Crippen molar-refractivity contribution in [3.63, 3.8) is 0 Å². The van der Waals surface area contributed by atoms with E-state index in [1.807, 2.05) is 18.2 Å². The van der Waals surface area contributed by atoms with Crippen LogP contribution in [0.1, 0.15) is 5.56 Å². The van der Waals surface area contributed by atoms with Gasteiger partial charge in [0, 0.05) is 18.7 Å². The zero-order valence-corrected chi connectivity index (χ0v) is 12.5. The topological polar surface area (TPSA) is 72.6 Å². The van der Waals surface area contributed by atoms with Crippen LogP contribution < -0.4 is 10.5 Å². The highest BCUT2D eigenvalue weighted by Crippen LogP contribution is 2.33. The van der Waals surface area contributed by atoms with Crippen molar-refractivity contribution in [3.05, 3.63) is 34.7 Å². The van der Waals surface area contributed by atoms with Gasteiger partial charge < -0.3 is 10.5 Å². The molecule has 0 spiro atoms. The van der Waals surface area contributed by atoms with Crippen LogP contribution in [-0.4, -0.2) is 36.2 Å². The molecule has 1 heterocycles. The Hall–Kier alpha value is -1.50. The molecule has 0 aliphatic carbocycles. The standard InChI is InChI=1S/C13H14N2O3S.ClH/c1-18-10-5-3-2-4-9(10)8-11-12(16)15(7-6-14)13(17)19-11;/h2-5,8H,6-7,14H2,1H3;1H. The smallest absolute Gasteiger partial charge is 0.293 e. The maximum absolute atomic E-state index is 12.0. The predicted molar refractivity (Wildman–Crippen MR) is 82.0 cm³/mol. The fourth-order valence-electron chi connectivity index (χ4n) is 1.75. The van der Waals surface area contributed by atoms with Gasteiger partial charge >= 0.3 is 0 Å². The van der Waals surface area contributed by atoms with Crippen molar-refractivity contribution in [3.8, 4) is 5.75 Å². The van der Waals surface area contributed by atoms with Gasteiger partial charge in [0.2, 0.25) is 0 Å². The number of ether oxygens (including phenoxy) is 1. The summed E-state index contributed by atoms with van der Waals surface area (Å²) in [6.45, 7) is 0.508. The average Bonchev–Trinajstić information content (AvgIpc) is 2.67. The molecule has 1 aliphatic rings. The number of rotatable bonds is 4. The van der Waals surface area contributed by atoms with Gasteiger partial charge in [-0.1, -0.05) is 18.2 Å². The highest BCUT2D eigenvalue weighted by atomic mass is 35.5. The molecule has 1 saturated heterocycles. The van der Waals surface area contributed by atoms with Gasteiger partial charge in [-0.05, 0) is 23.9 Å². The minimum absolute atomic E-state index is 0. The van der Waals surface area contributed by atoms with E-state index in [1.54, 1.807) is 19.3 Å². The van der Waals surface area contributed by atoms with E-state index in [9.17, 15) is 9.59 Å². The number of nitrogens with zero attached hydrogens (tertiary/aromatic N) is 1. The van der Waals surface area contributed by atoms with Crippen LogP contribution in [0.15, 0.2) is 29.2 Å². The molecule has 1 fully saturated rings. The van der Waals surface area contributed by atoms with Crippen molar-refractivity contribution < 1.29 is 14.3 Å². The third-order valence-electron chi connectivity index (χ3n) is 2.65. The Labute approximate surface area is 127 Å². The Kier molecular flexibility index (Phi) is 6.06. The number of para-hydroxylation sites is 1. The van der Waals surface area contributed by atoms with Crippen molar-refractivity contribution in [2.75, 3.05) is 20.2 Å². The highest BCUT2D eigenvalue weighted by molar-refractivity contribution is 8.18. The lowest BCUT2D eigenvalue weighted by atomic mass is 10.2. The summed E-state index contributed by atoms with van der Waals surface area (Å²) in [6, 6.07) is 7.32. The van der Waals surface area contributed by atoms with Crippen molar-refractivity contribution >= 4 is 41.4 Å². The van der Waals surface area contributed by atoms with E-state index in [2.05, 4.69) is 0 Å². The first kappa shape index (κ1) is 16.6. The largest absolute Gasteiger partial charge is 0.496 e. The van der Waals surface area contributed by atoms with Crippen molar-refractivity contribution in [2.45, 2.75) is 0 Å². The lowest BCUT2D eigenvalue weighted by Crippen LogP contribution is -2.33. The van der Waals surface area contributed by atoms with Crippen molar-refractivity contribution in [2.24, 2.45) is 5.73 Å². The Bertz CT molecular complexity index is 548. The Morgan fingerprint density at radius 1 is 1.35 bits per heavy atom. The lowest BCUT2D eigenvalue weighted by molar-refractivity contribution is -0.122. The van der Waals surface area contributed by atoms with Crippen LogP contribution in [0.2, 0.25) is 0 Å². The number of carbonyl (C=O) groups excluding carboxylic acids is 2. The second-order valence-electron chi connectivity index (χ2n) is 3.86. The molecule has 2 amide bonds. The molecule has 1 aliphatic heterocycles. The van der Waals surface area contributed by atoms with E-state index in [1.165, 1.54) is 0 Å². The molecule has 20 heavy (non-hydrogen) atoms. The van der Waals surface area contributed by atoms with Crippen LogP contribution in [0, 0.1) is 0 Å². The first-order valence-electron chi connectivity index (χ1n) is 5.76. The maximum atomic E-state index is 12.0. The van der Waals surface area contributed by atoms with Crippen LogP contribution in [0.5, 0.6) is 5.75 Å². The van der Waals surface area contributed by atoms with Crippen LogP contribution in [0.4, 0.5) is 4.79 Å². The molecule has 0 radical (unpaired) electrons. The SMILES string of the molecule is COc1ccccc1C=C1SC(=O)N(CCN)C1=O.Cl. The molecule has 0 aromatic heterocycles. The van der Waals surface area contributed by atoms with E-state index in [0.29, 0.717) is 10.7 Å². The number of thioether (sulfide) groups is 1. The number of nitrogens with two attached hydrogens (primary N) is 1. The molecule has 0 unspecified atom stereocenters. The second kappa shape index (κ2) is 7.33.